The van der Waals surface area contributed by atoms with Crippen LogP contribution < -0.4 is 5.73 Å². The van der Waals surface area contributed by atoms with Gasteiger partial charge in [0.15, 0.2) is 0 Å². The van der Waals surface area contributed by atoms with Gasteiger partial charge in [-0.05, 0) is 45.7 Å². The number of rotatable bonds is 4. The minimum Gasteiger partial charge on any atom is -0.466 e. The van der Waals surface area contributed by atoms with E-state index in [4.69, 9.17) is 14.6 Å². The van der Waals surface area contributed by atoms with Gasteiger partial charge < -0.3 is 14.6 Å². The first-order valence-corrected chi connectivity index (χ1v) is 7.40. The van der Waals surface area contributed by atoms with Crippen LogP contribution in [0.25, 0.3) is 11.5 Å². The van der Waals surface area contributed by atoms with Gasteiger partial charge in [0.25, 0.3) is 5.89 Å². The minimum atomic E-state index is 0.506. The summed E-state index contributed by atoms with van der Waals surface area (Å²) in [5, 5.41) is 8.30. The molecule has 1 aliphatic rings. The van der Waals surface area contributed by atoms with E-state index in [1.54, 1.807) is 0 Å². The number of nitrogens with zero attached hydrogens (tertiary/aromatic N) is 3. The van der Waals surface area contributed by atoms with Crippen LogP contribution in [-0.4, -0.2) is 34.2 Å². The molecule has 3 rings (SSSR count). The van der Waals surface area contributed by atoms with Crippen LogP contribution in [0.3, 0.4) is 0 Å². The summed E-state index contributed by atoms with van der Waals surface area (Å²) in [5.74, 6) is 3.40. The van der Waals surface area contributed by atoms with Crippen molar-refractivity contribution in [3.63, 3.8) is 0 Å². The highest BCUT2D eigenvalue weighted by Gasteiger charge is 2.29. The quantitative estimate of drug-likeness (QED) is 0.928. The molecule has 0 aliphatic carbocycles. The molecule has 0 bridgehead atoms. The number of aryl methyl sites for hydroxylation is 2. The van der Waals surface area contributed by atoms with E-state index in [1.807, 2.05) is 19.9 Å². The summed E-state index contributed by atoms with van der Waals surface area (Å²) in [6.45, 7) is 8.45. The van der Waals surface area contributed by atoms with Crippen LogP contribution in [0.2, 0.25) is 0 Å². The monoisotopic (exact) mass is 290 g/mol. The lowest BCUT2D eigenvalue weighted by Crippen LogP contribution is -2.27. The molecular weight excluding hydrogens is 268 g/mol. The number of aromatic nitrogens is 2. The molecule has 0 spiro atoms. The fourth-order valence-electron chi connectivity index (χ4n) is 3.05. The Morgan fingerprint density at radius 1 is 1.33 bits per heavy atom. The molecule has 0 saturated carbocycles. The average molecular weight is 290 g/mol. The summed E-state index contributed by atoms with van der Waals surface area (Å²) in [6, 6.07) is 2.43. The van der Waals surface area contributed by atoms with Crippen LogP contribution in [-0.2, 0) is 6.54 Å². The molecule has 2 atom stereocenters. The predicted octanol–water partition coefficient (Wildman–Crippen LogP) is 2.12. The van der Waals surface area contributed by atoms with Crippen molar-refractivity contribution in [3.8, 4) is 11.5 Å². The van der Waals surface area contributed by atoms with Crippen LogP contribution in [0.5, 0.6) is 0 Å². The van der Waals surface area contributed by atoms with Crippen molar-refractivity contribution < 1.29 is 8.83 Å². The van der Waals surface area contributed by atoms with E-state index in [2.05, 4.69) is 22.0 Å². The maximum absolute atomic E-state index is 5.79. The Morgan fingerprint density at radius 3 is 2.76 bits per heavy atom. The van der Waals surface area contributed by atoms with Gasteiger partial charge in [-0.2, -0.15) is 0 Å². The molecule has 1 saturated heterocycles. The van der Waals surface area contributed by atoms with Gasteiger partial charge in [0.1, 0.15) is 11.5 Å². The van der Waals surface area contributed by atoms with E-state index in [-0.39, 0.29) is 0 Å². The van der Waals surface area contributed by atoms with Gasteiger partial charge in [-0.15, -0.1) is 10.2 Å². The van der Waals surface area contributed by atoms with E-state index in [0.717, 1.165) is 36.6 Å². The molecule has 1 fully saturated rings. The van der Waals surface area contributed by atoms with E-state index in [1.165, 1.54) is 0 Å². The highest BCUT2D eigenvalue weighted by molar-refractivity contribution is 5.55. The number of furan rings is 1. The predicted molar refractivity (Wildman–Crippen MR) is 78.5 cm³/mol. The fraction of sp³-hybridized carbons (Fsp3) is 0.600. The molecule has 6 heteroatoms. The summed E-state index contributed by atoms with van der Waals surface area (Å²) >= 11 is 0. The summed E-state index contributed by atoms with van der Waals surface area (Å²) in [4.78, 5) is 2.35. The van der Waals surface area contributed by atoms with Crippen molar-refractivity contribution in [1.82, 2.24) is 15.1 Å². The highest BCUT2D eigenvalue weighted by Crippen LogP contribution is 2.27. The fourth-order valence-corrected chi connectivity index (χ4v) is 3.05. The van der Waals surface area contributed by atoms with E-state index in [9.17, 15) is 0 Å². The first kappa shape index (κ1) is 14.3. The lowest BCUT2D eigenvalue weighted by Gasteiger charge is -2.18. The third-order valence-corrected chi connectivity index (χ3v) is 4.20. The van der Waals surface area contributed by atoms with Gasteiger partial charge in [-0.25, -0.2) is 0 Å². The standard InChI is InChI=1S/C15H22N4O2/c1-9-4-12(6-16)7-19(9)8-14-17-18-15(21-14)13-5-10(2)20-11(13)3/h5,9,12H,4,6-8,16H2,1-3H3. The third kappa shape index (κ3) is 2.87. The molecule has 2 aromatic rings. The van der Waals surface area contributed by atoms with Gasteiger partial charge in [0.05, 0.1) is 12.1 Å². The zero-order chi connectivity index (χ0) is 15.0. The topological polar surface area (TPSA) is 81.3 Å². The first-order chi connectivity index (χ1) is 10.1. The number of hydrogen-bond acceptors (Lipinski definition) is 6. The molecule has 0 radical (unpaired) electrons. The first-order valence-electron chi connectivity index (χ1n) is 7.40. The Balaban J connectivity index is 1.72. The minimum absolute atomic E-state index is 0.506. The van der Waals surface area contributed by atoms with Crippen LogP contribution in [0.15, 0.2) is 14.9 Å². The smallest absolute Gasteiger partial charge is 0.251 e. The van der Waals surface area contributed by atoms with Gasteiger partial charge in [0.2, 0.25) is 5.89 Å². The maximum atomic E-state index is 5.79. The summed E-state index contributed by atoms with van der Waals surface area (Å²) < 4.78 is 11.3. The van der Waals surface area contributed by atoms with Crippen LogP contribution in [0.4, 0.5) is 0 Å². The zero-order valence-corrected chi connectivity index (χ0v) is 12.8. The summed E-state index contributed by atoms with van der Waals surface area (Å²) in [5.41, 5.74) is 6.64. The number of hydrogen-bond donors (Lipinski definition) is 1. The molecule has 21 heavy (non-hydrogen) atoms. The Morgan fingerprint density at radius 2 is 2.14 bits per heavy atom. The molecule has 2 unspecified atom stereocenters. The molecule has 0 aromatic carbocycles. The lowest BCUT2D eigenvalue weighted by molar-refractivity contribution is 0.230. The van der Waals surface area contributed by atoms with Crippen molar-refractivity contribution in [1.29, 1.82) is 0 Å². The van der Waals surface area contributed by atoms with E-state index >= 15 is 0 Å². The largest absolute Gasteiger partial charge is 0.466 e. The molecule has 2 N–H and O–H groups in total. The second-order valence-corrected chi connectivity index (χ2v) is 5.94. The normalized spacial score (nSPS) is 23.0. The van der Waals surface area contributed by atoms with Gasteiger partial charge in [-0.1, -0.05) is 0 Å². The molecular formula is C15H22N4O2. The molecule has 3 heterocycles. The average Bonchev–Trinajstić information content (AvgIpc) is 3.11. The molecule has 114 valence electrons. The molecule has 6 nitrogen and oxygen atoms in total. The highest BCUT2D eigenvalue weighted by atomic mass is 16.4. The van der Waals surface area contributed by atoms with Gasteiger partial charge >= 0.3 is 0 Å². The van der Waals surface area contributed by atoms with Crippen LogP contribution in [0, 0.1) is 19.8 Å². The summed E-state index contributed by atoms with van der Waals surface area (Å²) in [7, 11) is 0. The zero-order valence-electron chi connectivity index (χ0n) is 12.8. The second-order valence-electron chi connectivity index (χ2n) is 5.94. The van der Waals surface area contributed by atoms with Crippen LogP contribution >= 0.6 is 0 Å². The van der Waals surface area contributed by atoms with E-state index in [0.29, 0.717) is 30.3 Å². The molecule has 2 aromatic heterocycles. The van der Waals surface area contributed by atoms with Crippen molar-refractivity contribution in [3.05, 3.63) is 23.5 Å². The Kier molecular flexibility index (Phi) is 3.82. The second kappa shape index (κ2) is 5.61. The third-order valence-electron chi connectivity index (χ3n) is 4.20. The molecule has 0 amide bonds. The van der Waals surface area contributed by atoms with Crippen molar-refractivity contribution in [2.75, 3.05) is 13.1 Å². The van der Waals surface area contributed by atoms with Gasteiger partial charge in [-0.3, -0.25) is 4.90 Å². The SMILES string of the molecule is Cc1cc(-c2nnc(CN3CC(CN)CC3C)o2)c(C)o1. The van der Waals surface area contributed by atoms with Crippen molar-refractivity contribution in [2.45, 2.75) is 39.8 Å². The summed E-state index contributed by atoms with van der Waals surface area (Å²) in [6.07, 6.45) is 1.14. The Hall–Kier alpha value is -1.66. The van der Waals surface area contributed by atoms with Gasteiger partial charge in [0, 0.05) is 12.6 Å². The Bertz CT molecular complexity index is 619. The maximum Gasteiger partial charge on any atom is 0.251 e. The molecule has 1 aliphatic heterocycles. The number of likely N-dealkylation sites (tertiary alicyclic amines) is 1. The van der Waals surface area contributed by atoms with E-state index < -0.39 is 0 Å². The lowest BCUT2D eigenvalue weighted by atomic mass is 10.1. The van der Waals surface area contributed by atoms with Crippen molar-refractivity contribution in [2.24, 2.45) is 11.7 Å². The Labute approximate surface area is 124 Å². The number of nitrogens with two attached hydrogens (primary N) is 1. The van der Waals surface area contributed by atoms with Crippen LogP contribution in [0.1, 0.15) is 30.8 Å². The van der Waals surface area contributed by atoms with Crippen molar-refractivity contribution >= 4 is 0 Å².